The maximum Gasteiger partial charge on any atom is 0.153 e. The maximum absolute atomic E-state index is 9.61. The lowest BCUT2D eigenvalue weighted by atomic mass is 9.98. The number of anilines is 1. The second kappa shape index (κ2) is 5.19. The standard InChI is InChI=1S/C14H19N3O2/c18-9-11-4-7-16(8-5-11)14-12(10-19)17-6-2-1-3-13(17)15-14/h1-3,6,11,18-19H,4-5,7-10H2. The molecule has 0 bridgehead atoms. The molecule has 3 heterocycles. The van der Waals surface area contributed by atoms with Gasteiger partial charge in [-0.3, -0.25) is 4.40 Å². The van der Waals surface area contributed by atoms with Crippen LogP contribution in [0.3, 0.4) is 0 Å². The normalized spacial score (nSPS) is 17.3. The third-order valence-electron chi connectivity index (χ3n) is 3.93. The van der Waals surface area contributed by atoms with Crippen LogP contribution in [0.25, 0.3) is 5.65 Å². The number of hydrogen-bond acceptors (Lipinski definition) is 4. The van der Waals surface area contributed by atoms with Crippen LogP contribution in [0, 0.1) is 5.92 Å². The Hall–Kier alpha value is -1.59. The topological polar surface area (TPSA) is 61.0 Å². The van der Waals surface area contributed by atoms with Crippen molar-refractivity contribution in [2.45, 2.75) is 19.4 Å². The molecule has 0 unspecified atom stereocenters. The summed E-state index contributed by atoms with van der Waals surface area (Å²) >= 11 is 0. The Balaban J connectivity index is 1.92. The fraction of sp³-hybridized carbons (Fsp3) is 0.500. The first-order valence-corrected chi connectivity index (χ1v) is 6.76. The van der Waals surface area contributed by atoms with Gasteiger partial charge in [-0.1, -0.05) is 6.07 Å². The molecule has 2 N–H and O–H groups in total. The van der Waals surface area contributed by atoms with Gasteiger partial charge in [0.2, 0.25) is 0 Å². The lowest BCUT2D eigenvalue weighted by Gasteiger charge is -2.31. The Labute approximate surface area is 112 Å². The zero-order chi connectivity index (χ0) is 13.2. The summed E-state index contributed by atoms with van der Waals surface area (Å²) in [7, 11) is 0. The molecule has 1 saturated heterocycles. The summed E-state index contributed by atoms with van der Waals surface area (Å²) in [6.45, 7) is 2.04. The third kappa shape index (κ3) is 2.19. The van der Waals surface area contributed by atoms with Crippen LogP contribution in [-0.4, -0.2) is 39.3 Å². The van der Waals surface area contributed by atoms with Crippen LogP contribution in [-0.2, 0) is 6.61 Å². The molecule has 5 nitrogen and oxygen atoms in total. The molecule has 1 aliphatic rings. The summed E-state index contributed by atoms with van der Waals surface area (Å²) in [5, 5.41) is 18.8. The van der Waals surface area contributed by atoms with Crippen molar-refractivity contribution in [1.82, 2.24) is 9.38 Å². The number of fused-ring (bicyclic) bond motifs is 1. The van der Waals surface area contributed by atoms with Crippen molar-refractivity contribution in [2.24, 2.45) is 5.92 Å². The molecular weight excluding hydrogens is 242 g/mol. The van der Waals surface area contributed by atoms with Gasteiger partial charge in [0.15, 0.2) is 5.82 Å². The molecule has 2 aromatic heterocycles. The fourth-order valence-electron chi connectivity index (χ4n) is 2.76. The lowest BCUT2D eigenvalue weighted by Crippen LogP contribution is -2.35. The first-order chi connectivity index (χ1) is 9.33. The van der Waals surface area contributed by atoms with Gasteiger partial charge in [-0.15, -0.1) is 0 Å². The number of pyridine rings is 1. The Morgan fingerprint density at radius 2 is 2.00 bits per heavy atom. The number of hydrogen-bond donors (Lipinski definition) is 2. The molecule has 0 atom stereocenters. The Bertz CT molecular complexity index is 559. The van der Waals surface area contributed by atoms with Crippen molar-refractivity contribution in [3.63, 3.8) is 0 Å². The van der Waals surface area contributed by atoms with E-state index in [1.807, 2.05) is 28.8 Å². The lowest BCUT2D eigenvalue weighted by molar-refractivity contribution is 0.202. The van der Waals surface area contributed by atoms with E-state index in [1.165, 1.54) is 0 Å². The first-order valence-electron chi connectivity index (χ1n) is 6.76. The average molecular weight is 261 g/mol. The van der Waals surface area contributed by atoms with Gasteiger partial charge in [-0.2, -0.15) is 0 Å². The number of aliphatic hydroxyl groups excluding tert-OH is 2. The van der Waals surface area contributed by atoms with Crippen molar-refractivity contribution < 1.29 is 10.2 Å². The SMILES string of the molecule is OCc1c(N2CCC(CO)CC2)nc2ccccn12. The highest BCUT2D eigenvalue weighted by atomic mass is 16.3. The van der Waals surface area contributed by atoms with Crippen LogP contribution >= 0.6 is 0 Å². The van der Waals surface area contributed by atoms with Crippen LogP contribution in [0.5, 0.6) is 0 Å². The monoisotopic (exact) mass is 261 g/mol. The molecule has 1 fully saturated rings. The minimum Gasteiger partial charge on any atom is -0.396 e. The molecule has 0 radical (unpaired) electrons. The summed E-state index contributed by atoms with van der Waals surface area (Å²) in [6.07, 6.45) is 3.89. The number of rotatable bonds is 3. The second-order valence-electron chi connectivity index (χ2n) is 5.08. The molecular formula is C14H19N3O2. The van der Waals surface area contributed by atoms with Gasteiger partial charge in [0.25, 0.3) is 0 Å². The molecule has 2 aromatic rings. The second-order valence-corrected chi connectivity index (χ2v) is 5.08. The minimum absolute atomic E-state index is 0.0135. The molecule has 3 rings (SSSR count). The molecule has 102 valence electrons. The number of nitrogens with zero attached hydrogens (tertiary/aromatic N) is 3. The van der Waals surface area contributed by atoms with Gasteiger partial charge in [0.1, 0.15) is 5.65 Å². The van der Waals surface area contributed by atoms with Crippen molar-refractivity contribution in [2.75, 3.05) is 24.6 Å². The van der Waals surface area contributed by atoms with Crippen molar-refractivity contribution in [3.8, 4) is 0 Å². The summed E-state index contributed by atoms with van der Waals surface area (Å²) in [5.74, 6) is 1.29. The van der Waals surface area contributed by atoms with Crippen molar-refractivity contribution in [1.29, 1.82) is 0 Å². The molecule has 0 aromatic carbocycles. The molecule has 19 heavy (non-hydrogen) atoms. The Kier molecular flexibility index (Phi) is 3.40. The quantitative estimate of drug-likeness (QED) is 0.866. The van der Waals surface area contributed by atoms with Gasteiger partial charge in [0, 0.05) is 25.9 Å². The molecule has 0 spiro atoms. The highest BCUT2D eigenvalue weighted by Crippen LogP contribution is 2.26. The predicted octanol–water partition coefficient (Wildman–Crippen LogP) is 1.04. The smallest absolute Gasteiger partial charge is 0.153 e. The predicted molar refractivity (Wildman–Crippen MR) is 73.1 cm³/mol. The van der Waals surface area contributed by atoms with Gasteiger partial charge < -0.3 is 15.1 Å². The third-order valence-corrected chi connectivity index (χ3v) is 3.93. The van der Waals surface area contributed by atoms with E-state index in [-0.39, 0.29) is 13.2 Å². The van der Waals surface area contributed by atoms with E-state index in [1.54, 1.807) is 0 Å². The first kappa shape index (κ1) is 12.4. The fourth-order valence-corrected chi connectivity index (χ4v) is 2.76. The van der Waals surface area contributed by atoms with E-state index < -0.39 is 0 Å². The van der Waals surface area contributed by atoms with E-state index in [2.05, 4.69) is 9.88 Å². The van der Waals surface area contributed by atoms with E-state index >= 15 is 0 Å². The van der Waals surface area contributed by atoms with Crippen LogP contribution in [0.15, 0.2) is 24.4 Å². The molecule has 1 aliphatic heterocycles. The number of aliphatic hydroxyl groups is 2. The van der Waals surface area contributed by atoms with E-state index in [9.17, 15) is 10.2 Å². The number of piperidine rings is 1. The maximum atomic E-state index is 9.61. The van der Waals surface area contributed by atoms with Gasteiger partial charge in [0.05, 0.1) is 12.3 Å². The van der Waals surface area contributed by atoms with E-state index in [0.29, 0.717) is 5.92 Å². The van der Waals surface area contributed by atoms with Gasteiger partial charge >= 0.3 is 0 Å². The van der Waals surface area contributed by atoms with Gasteiger partial charge in [-0.25, -0.2) is 4.98 Å². The molecule has 0 saturated carbocycles. The number of imidazole rings is 1. The van der Waals surface area contributed by atoms with Crippen molar-refractivity contribution in [3.05, 3.63) is 30.1 Å². The average Bonchev–Trinajstić information content (AvgIpc) is 2.85. The van der Waals surface area contributed by atoms with Crippen LogP contribution in [0.2, 0.25) is 0 Å². The molecule has 0 amide bonds. The van der Waals surface area contributed by atoms with Crippen LogP contribution < -0.4 is 4.90 Å². The zero-order valence-electron chi connectivity index (χ0n) is 10.9. The summed E-state index contributed by atoms with van der Waals surface area (Å²) in [4.78, 5) is 6.84. The molecule has 0 aliphatic carbocycles. The molecule has 5 heteroatoms. The highest BCUT2D eigenvalue weighted by molar-refractivity contribution is 5.56. The zero-order valence-corrected chi connectivity index (χ0v) is 10.9. The van der Waals surface area contributed by atoms with E-state index in [4.69, 9.17) is 0 Å². The summed E-state index contributed by atoms with van der Waals surface area (Å²) in [6, 6.07) is 5.84. The summed E-state index contributed by atoms with van der Waals surface area (Å²) in [5.41, 5.74) is 1.71. The van der Waals surface area contributed by atoms with Gasteiger partial charge in [-0.05, 0) is 30.9 Å². The van der Waals surface area contributed by atoms with Crippen molar-refractivity contribution >= 4 is 11.5 Å². The largest absolute Gasteiger partial charge is 0.396 e. The Morgan fingerprint density at radius 3 is 2.68 bits per heavy atom. The van der Waals surface area contributed by atoms with Crippen LogP contribution in [0.1, 0.15) is 18.5 Å². The minimum atomic E-state index is -0.0135. The summed E-state index contributed by atoms with van der Waals surface area (Å²) < 4.78 is 1.94. The Morgan fingerprint density at radius 1 is 1.21 bits per heavy atom. The number of aromatic nitrogens is 2. The van der Waals surface area contributed by atoms with E-state index in [0.717, 1.165) is 43.1 Å². The van der Waals surface area contributed by atoms with Crippen LogP contribution in [0.4, 0.5) is 5.82 Å². The highest BCUT2D eigenvalue weighted by Gasteiger charge is 2.23.